The highest BCUT2D eigenvalue weighted by atomic mass is 32.5. The summed E-state index contributed by atoms with van der Waals surface area (Å²) < 4.78 is 83.1. The van der Waals surface area contributed by atoms with E-state index in [1.807, 2.05) is 0 Å². The molecule has 7 heterocycles. The van der Waals surface area contributed by atoms with Gasteiger partial charge in [-0.25, -0.2) is 28.1 Å². The Labute approximate surface area is 274 Å². The van der Waals surface area contributed by atoms with E-state index in [-0.39, 0.29) is 34.1 Å². The van der Waals surface area contributed by atoms with Crippen LogP contribution in [-0.2, 0) is 51.2 Å². The van der Waals surface area contributed by atoms with Crippen LogP contribution in [0.25, 0.3) is 22.3 Å². The fourth-order valence-electron chi connectivity index (χ4n) is 6.25. The average molecular weight is 756 g/mol. The van der Waals surface area contributed by atoms with Crippen molar-refractivity contribution in [2.45, 2.75) is 55.4 Å². The van der Waals surface area contributed by atoms with Crippen molar-refractivity contribution in [1.82, 2.24) is 44.5 Å². The van der Waals surface area contributed by atoms with Gasteiger partial charge in [0.1, 0.15) is 24.6 Å². The van der Waals surface area contributed by atoms with Crippen molar-refractivity contribution in [2.24, 2.45) is 5.41 Å². The second-order valence-electron chi connectivity index (χ2n) is 11.3. The third-order valence-electron chi connectivity index (χ3n) is 8.53. The zero-order valence-corrected chi connectivity index (χ0v) is 27.1. The highest BCUT2D eigenvalue weighted by molar-refractivity contribution is 8.07. The molecule has 4 aromatic heterocycles. The molecule has 258 valence electrons. The van der Waals surface area contributed by atoms with E-state index < -0.39 is 93.0 Å². The molecule has 4 aliphatic rings. The van der Waals surface area contributed by atoms with Gasteiger partial charge in [-0.1, -0.05) is 5.21 Å². The Kier molecular flexibility index (Phi) is 7.32. The van der Waals surface area contributed by atoms with Crippen LogP contribution in [0.15, 0.2) is 17.4 Å². The molecule has 3 saturated heterocycles. The minimum Gasteiger partial charge on any atom is -0.382 e. The van der Waals surface area contributed by atoms with Crippen molar-refractivity contribution >= 4 is 71.1 Å². The number of nitrogens with zero attached hydrogens (tertiary/aromatic N) is 8. The first kappa shape index (κ1) is 32.4. The summed E-state index contributed by atoms with van der Waals surface area (Å²) in [5.41, 5.74) is 8.31. The summed E-state index contributed by atoms with van der Waals surface area (Å²) in [6.07, 6.45) is -10.5. The second kappa shape index (κ2) is 10.8. The molecule has 0 amide bonds. The van der Waals surface area contributed by atoms with Crippen LogP contribution in [0.2, 0.25) is 0 Å². The van der Waals surface area contributed by atoms with Crippen molar-refractivity contribution < 1.29 is 50.5 Å². The quantitative estimate of drug-likeness (QED) is 0.168. The normalized spacial score (nSPS) is 39.6. The number of nitrogens with two attached hydrogens (primary N) is 2. The van der Waals surface area contributed by atoms with E-state index in [9.17, 15) is 14.6 Å². The van der Waals surface area contributed by atoms with Crippen molar-refractivity contribution in [3.63, 3.8) is 0 Å². The molecule has 0 aromatic carbocycles. The van der Waals surface area contributed by atoms with Crippen LogP contribution in [0.4, 0.5) is 24.9 Å². The summed E-state index contributed by atoms with van der Waals surface area (Å²) in [7, 11) is 0. The molecule has 48 heavy (non-hydrogen) atoms. The van der Waals surface area contributed by atoms with E-state index in [1.54, 1.807) is 0 Å². The number of halogens is 3. The third-order valence-corrected chi connectivity index (χ3v) is 11.6. The summed E-state index contributed by atoms with van der Waals surface area (Å²) in [5, 5.41) is 7.86. The highest BCUT2D eigenvalue weighted by Gasteiger charge is 2.84. The molecule has 1 saturated carbocycles. The molecule has 1 aliphatic carbocycles. The maximum atomic E-state index is 16.1. The van der Waals surface area contributed by atoms with Crippen LogP contribution in [0.3, 0.4) is 0 Å². The van der Waals surface area contributed by atoms with Gasteiger partial charge in [-0.05, 0) is 23.6 Å². The zero-order chi connectivity index (χ0) is 34.0. The highest BCUT2D eigenvalue weighted by Crippen LogP contribution is 2.73. The molecule has 20 nitrogen and oxygen atoms in total. The number of aromatic amines is 1. The van der Waals surface area contributed by atoms with Crippen molar-refractivity contribution in [2.75, 3.05) is 24.7 Å². The molecule has 3 aliphatic heterocycles. The van der Waals surface area contributed by atoms with Gasteiger partial charge in [-0.15, -0.1) is 5.10 Å². The molecular weight excluding hydrogens is 733 g/mol. The lowest BCUT2D eigenvalue weighted by Gasteiger charge is -2.28. The number of hydrogen-bond acceptors (Lipinski definition) is 17. The lowest BCUT2D eigenvalue weighted by molar-refractivity contribution is -0.0646. The standard InChI is InChI=1S/C21H22F3N11O9P2S2/c22-8-11-6(41-17(8)34-5-29-10-15(34)30-19(26)31-16(10)36)1-39-46(38,48)44-12-18(35-14-9(32-33-35)13(25)27-4-28-14)42-7(2-40-45(37,47)43-11)20(12)3-21(20,23)24/h4-8,11-12,17-18H,1-3H2,(H,37,47)(H,38,48)(H2,25,27,28)(H3,26,30,31,36)/t6-,7-,8-,11-,12+,17-,18-,20+,45?,46?/m1/s1. The Balaban J connectivity index is 1.15. The predicted octanol–water partition coefficient (Wildman–Crippen LogP) is -0.0720. The van der Waals surface area contributed by atoms with Crippen molar-refractivity contribution in [1.29, 1.82) is 0 Å². The van der Waals surface area contributed by atoms with E-state index >= 15 is 13.2 Å². The minimum atomic E-state index is -4.51. The molecule has 10 atom stereocenters. The molecule has 4 fully saturated rings. The molecule has 8 rings (SSSR count). The molecule has 2 bridgehead atoms. The maximum Gasteiger partial charge on any atom is 0.325 e. The lowest BCUT2D eigenvalue weighted by atomic mass is 9.94. The maximum absolute atomic E-state index is 16.1. The number of H-pyrrole nitrogens is 1. The monoisotopic (exact) mass is 755 g/mol. The topological polar surface area (TPSA) is 268 Å². The van der Waals surface area contributed by atoms with Gasteiger partial charge in [0.25, 0.3) is 11.5 Å². The Bertz CT molecular complexity index is 2130. The Morgan fingerprint density at radius 3 is 2.50 bits per heavy atom. The first-order valence-corrected chi connectivity index (χ1v) is 19.0. The first-order valence-electron chi connectivity index (χ1n) is 13.8. The molecule has 2 unspecified atom stereocenters. The Hall–Kier alpha value is -2.80. The van der Waals surface area contributed by atoms with Crippen LogP contribution >= 0.6 is 13.4 Å². The van der Waals surface area contributed by atoms with Crippen LogP contribution in [0.1, 0.15) is 18.9 Å². The average Bonchev–Trinajstić information content (AvgIpc) is 3.49. The molecule has 1 spiro atoms. The zero-order valence-electron chi connectivity index (χ0n) is 23.6. The third kappa shape index (κ3) is 4.99. The molecule has 27 heteroatoms. The summed E-state index contributed by atoms with van der Waals surface area (Å²) >= 11 is 10.4. The fourth-order valence-corrected chi connectivity index (χ4v) is 9.11. The first-order chi connectivity index (χ1) is 22.6. The van der Waals surface area contributed by atoms with Gasteiger partial charge in [0.15, 0.2) is 46.8 Å². The second-order valence-corrected chi connectivity index (χ2v) is 16.9. The summed E-state index contributed by atoms with van der Waals surface area (Å²) in [4.78, 5) is 52.7. The van der Waals surface area contributed by atoms with Crippen LogP contribution < -0.4 is 17.0 Å². The number of anilines is 2. The van der Waals surface area contributed by atoms with Crippen molar-refractivity contribution in [3.8, 4) is 0 Å². The van der Waals surface area contributed by atoms with Gasteiger partial charge < -0.3 is 39.8 Å². The fraction of sp³-hybridized carbons (Fsp3) is 0.571. The van der Waals surface area contributed by atoms with E-state index in [4.69, 9.17) is 62.6 Å². The van der Waals surface area contributed by atoms with Gasteiger partial charge in [0.05, 0.1) is 31.1 Å². The number of aromatic nitrogens is 9. The SMILES string of the molecule is Nc1nc2c(ncn2[C@@H]2O[C@@H]3COP(O)(=S)O[C@H]4[C@H](n5nnc6c(N)ncnc65)O[C@H](COP(O)(=S)O[C@H]3[C@H]2F)[C@@]42CC2(F)F)c(=O)[nH]1. The number of imidazole rings is 1. The van der Waals surface area contributed by atoms with E-state index in [2.05, 4.69) is 35.2 Å². The smallest absolute Gasteiger partial charge is 0.325 e. The number of ether oxygens (including phenoxy) is 2. The van der Waals surface area contributed by atoms with E-state index in [1.165, 1.54) is 0 Å². The lowest BCUT2D eigenvalue weighted by Crippen LogP contribution is -2.37. The van der Waals surface area contributed by atoms with Crippen LogP contribution in [0, 0.1) is 5.41 Å². The van der Waals surface area contributed by atoms with Crippen LogP contribution in [0.5, 0.6) is 0 Å². The summed E-state index contributed by atoms with van der Waals surface area (Å²) in [6.45, 7) is -10.5. The molecular formula is C21H22F3N11O9P2S2. The van der Waals surface area contributed by atoms with Crippen LogP contribution in [-0.4, -0.2) is 104 Å². The van der Waals surface area contributed by atoms with Gasteiger partial charge in [-0.3, -0.25) is 23.4 Å². The number of rotatable bonds is 2. The largest absolute Gasteiger partial charge is 0.382 e. The van der Waals surface area contributed by atoms with Gasteiger partial charge >= 0.3 is 13.4 Å². The van der Waals surface area contributed by atoms with Gasteiger partial charge in [0.2, 0.25) is 5.95 Å². The minimum absolute atomic E-state index is 0.0156. The number of fused-ring (bicyclic) bond motifs is 3. The van der Waals surface area contributed by atoms with Gasteiger partial charge in [-0.2, -0.15) is 9.67 Å². The number of hydrogen-bond donors (Lipinski definition) is 5. The van der Waals surface area contributed by atoms with Gasteiger partial charge in [0, 0.05) is 6.42 Å². The Morgan fingerprint density at radius 1 is 1.02 bits per heavy atom. The number of alkyl halides is 3. The molecule has 0 radical (unpaired) electrons. The van der Waals surface area contributed by atoms with E-state index in [0.29, 0.717) is 0 Å². The molecule has 4 aromatic rings. The van der Waals surface area contributed by atoms with Crippen molar-refractivity contribution in [3.05, 3.63) is 23.0 Å². The predicted molar refractivity (Wildman–Crippen MR) is 159 cm³/mol. The summed E-state index contributed by atoms with van der Waals surface area (Å²) in [6, 6.07) is 0. The number of nitrogens with one attached hydrogen (secondary N) is 1. The number of nitrogen functional groups attached to an aromatic ring is 2. The summed E-state index contributed by atoms with van der Waals surface area (Å²) in [5.74, 6) is -3.80. The van der Waals surface area contributed by atoms with E-state index in [0.717, 1.165) is 21.9 Å². The Morgan fingerprint density at radius 2 is 1.75 bits per heavy atom. The molecule has 7 N–H and O–H groups in total.